The van der Waals surface area contributed by atoms with E-state index in [-0.39, 0.29) is 18.0 Å². The summed E-state index contributed by atoms with van der Waals surface area (Å²) in [6.07, 6.45) is 2.18. The van der Waals surface area contributed by atoms with Crippen molar-refractivity contribution in [2.24, 2.45) is 0 Å². The van der Waals surface area contributed by atoms with Gasteiger partial charge in [0.15, 0.2) is 11.5 Å². The van der Waals surface area contributed by atoms with Gasteiger partial charge in [-0.25, -0.2) is 4.98 Å². The number of hydrogen-bond acceptors (Lipinski definition) is 5. The molecule has 0 atom stereocenters. The van der Waals surface area contributed by atoms with Crippen molar-refractivity contribution in [1.29, 1.82) is 0 Å². The number of carbonyl (C=O) groups is 1. The summed E-state index contributed by atoms with van der Waals surface area (Å²) < 4.78 is 12.1. The number of fused-ring (bicyclic) bond motifs is 2. The van der Waals surface area contributed by atoms with Gasteiger partial charge >= 0.3 is 0 Å². The van der Waals surface area contributed by atoms with E-state index < -0.39 is 0 Å². The van der Waals surface area contributed by atoms with Crippen LogP contribution < -0.4 is 15.0 Å². The molecular formula is C22H23N3O4. The molecule has 2 heterocycles. The Hall–Kier alpha value is -3.35. The highest BCUT2D eigenvalue weighted by molar-refractivity contribution is 5.79. The van der Waals surface area contributed by atoms with Crippen LogP contribution in [0.4, 0.5) is 0 Å². The van der Waals surface area contributed by atoms with Gasteiger partial charge < -0.3 is 14.4 Å². The largest absolute Gasteiger partial charge is 0.493 e. The Morgan fingerprint density at radius 2 is 1.83 bits per heavy atom. The number of aryl methyl sites for hydroxylation is 1. The van der Waals surface area contributed by atoms with Crippen LogP contribution in [0.1, 0.15) is 16.7 Å². The fourth-order valence-electron chi connectivity index (χ4n) is 3.73. The van der Waals surface area contributed by atoms with E-state index in [1.165, 1.54) is 10.9 Å². The number of rotatable bonds is 4. The zero-order valence-corrected chi connectivity index (χ0v) is 16.8. The van der Waals surface area contributed by atoms with Crippen molar-refractivity contribution in [3.63, 3.8) is 0 Å². The lowest BCUT2D eigenvalue weighted by molar-refractivity contribution is -0.132. The highest BCUT2D eigenvalue weighted by Gasteiger charge is 2.23. The standard InChI is InChI=1S/C22H23N3O4/c1-14-4-5-18-17(8-14)22(27)25(13-23-18)12-21(26)24-7-6-15-9-19(28-2)20(29-3)10-16(15)11-24/h4-5,8-10,13H,6-7,11-12H2,1-3H3. The van der Waals surface area contributed by atoms with Crippen LogP contribution in [0, 0.1) is 6.92 Å². The molecule has 0 saturated heterocycles. The second-order valence-electron chi connectivity index (χ2n) is 7.24. The zero-order valence-electron chi connectivity index (χ0n) is 16.8. The minimum Gasteiger partial charge on any atom is -0.493 e. The van der Waals surface area contributed by atoms with Crippen LogP contribution >= 0.6 is 0 Å². The molecule has 1 aliphatic heterocycles. The molecule has 1 aliphatic rings. The number of aromatic nitrogens is 2. The topological polar surface area (TPSA) is 73.7 Å². The molecule has 1 aromatic heterocycles. The Bertz CT molecular complexity index is 1150. The maximum atomic E-state index is 12.9. The molecule has 0 fully saturated rings. The van der Waals surface area contributed by atoms with E-state index in [2.05, 4.69) is 4.98 Å². The maximum Gasteiger partial charge on any atom is 0.261 e. The Morgan fingerprint density at radius 1 is 1.10 bits per heavy atom. The van der Waals surface area contributed by atoms with Gasteiger partial charge in [0.1, 0.15) is 6.54 Å². The molecule has 0 radical (unpaired) electrons. The molecule has 3 aromatic rings. The average molecular weight is 393 g/mol. The smallest absolute Gasteiger partial charge is 0.261 e. The number of benzene rings is 2. The maximum absolute atomic E-state index is 12.9. The molecule has 1 amide bonds. The highest BCUT2D eigenvalue weighted by atomic mass is 16.5. The van der Waals surface area contributed by atoms with Crippen LogP contribution in [0.5, 0.6) is 11.5 Å². The predicted molar refractivity (Wildman–Crippen MR) is 109 cm³/mol. The second kappa shape index (κ2) is 7.58. The van der Waals surface area contributed by atoms with Gasteiger partial charge in [-0.05, 0) is 48.7 Å². The monoisotopic (exact) mass is 393 g/mol. The summed E-state index contributed by atoms with van der Waals surface area (Å²) in [6, 6.07) is 9.43. The molecule has 4 rings (SSSR count). The first-order valence-corrected chi connectivity index (χ1v) is 9.47. The second-order valence-corrected chi connectivity index (χ2v) is 7.24. The van der Waals surface area contributed by atoms with Crippen LogP contribution in [-0.2, 0) is 24.3 Å². The molecule has 0 aliphatic carbocycles. The first-order valence-electron chi connectivity index (χ1n) is 9.47. The first-order chi connectivity index (χ1) is 14.0. The molecule has 0 bridgehead atoms. The number of amides is 1. The zero-order chi connectivity index (χ0) is 20.5. The quantitative estimate of drug-likeness (QED) is 0.680. The van der Waals surface area contributed by atoms with Crippen molar-refractivity contribution in [3.8, 4) is 11.5 Å². The van der Waals surface area contributed by atoms with Gasteiger partial charge in [-0.1, -0.05) is 11.6 Å². The third-order valence-corrected chi connectivity index (χ3v) is 5.36. The Morgan fingerprint density at radius 3 is 2.55 bits per heavy atom. The van der Waals surface area contributed by atoms with Gasteiger partial charge in [-0.15, -0.1) is 0 Å². The highest BCUT2D eigenvalue weighted by Crippen LogP contribution is 2.33. The molecule has 2 aromatic carbocycles. The van der Waals surface area contributed by atoms with E-state index in [4.69, 9.17) is 9.47 Å². The van der Waals surface area contributed by atoms with Crippen LogP contribution in [0.15, 0.2) is 41.5 Å². The Kier molecular flexibility index (Phi) is 4.96. The Labute approximate surface area is 168 Å². The van der Waals surface area contributed by atoms with Crippen molar-refractivity contribution < 1.29 is 14.3 Å². The van der Waals surface area contributed by atoms with Gasteiger partial charge in [0.05, 0.1) is 31.4 Å². The predicted octanol–water partition coefficient (Wildman–Crippen LogP) is 2.31. The molecule has 0 saturated carbocycles. The summed E-state index contributed by atoms with van der Waals surface area (Å²) in [7, 11) is 3.20. The lowest BCUT2D eigenvalue weighted by Gasteiger charge is -2.29. The summed E-state index contributed by atoms with van der Waals surface area (Å²) in [5.74, 6) is 1.22. The van der Waals surface area contributed by atoms with E-state index in [1.807, 2.05) is 37.3 Å². The van der Waals surface area contributed by atoms with E-state index >= 15 is 0 Å². The van der Waals surface area contributed by atoms with Gasteiger partial charge in [-0.2, -0.15) is 0 Å². The van der Waals surface area contributed by atoms with Crippen molar-refractivity contribution in [3.05, 3.63) is 63.7 Å². The average Bonchev–Trinajstić information content (AvgIpc) is 2.74. The summed E-state index contributed by atoms with van der Waals surface area (Å²) in [4.78, 5) is 31.8. The molecule has 29 heavy (non-hydrogen) atoms. The third-order valence-electron chi connectivity index (χ3n) is 5.36. The minimum absolute atomic E-state index is 0.0294. The fraction of sp³-hybridized carbons (Fsp3) is 0.318. The number of nitrogens with zero attached hydrogens (tertiary/aromatic N) is 3. The molecular weight excluding hydrogens is 370 g/mol. The minimum atomic E-state index is -0.198. The normalized spacial score (nSPS) is 13.3. The molecule has 150 valence electrons. The summed E-state index contributed by atoms with van der Waals surface area (Å²) in [5, 5.41) is 0.529. The first kappa shape index (κ1) is 19.0. The number of carbonyl (C=O) groups excluding carboxylic acids is 1. The van der Waals surface area contributed by atoms with Crippen molar-refractivity contribution in [1.82, 2.24) is 14.5 Å². The van der Waals surface area contributed by atoms with E-state index in [9.17, 15) is 9.59 Å². The van der Waals surface area contributed by atoms with E-state index in [0.717, 1.165) is 23.1 Å². The van der Waals surface area contributed by atoms with Crippen molar-refractivity contribution in [2.75, 3.05) is 20.8 Å². The molecule has 0 N–H and O–H groups in total. The third kappa shape index (κ3) is 3.55. The van der Waals surface area contributed by atoms with E-state index in [1.54, 1.807) is 19.1 Å². The Balaban J connectivity index is 1.57. The lowest BCUT2D eigenvalue weighted by Crippen LogP contribution is -2.39. The summed E-state index contributed by atoms with van der Waals surface area (Å²) >= 11 is 0. The number of methoxy groups -OCH3 is 2. The number of ether oxygens (including phenoxy) is 2. The number of hydrogen-bond donors (Lipinski definition) is 0. The summed E-state index contributed by atoms with van der Waals surface area (Å²) in [5.41, 5.74) is 3.60. The fourth-order valence-corrected chi connectivity index (χ4v) is 3.73. The molecule has 0 spiro atoms. The van der Waals surface area contributed by atoms with Gasteiger partial charge in [-0.3, -0.25) is 14.2 Å². The SMILES string of the molecule is COc1cc2c(cc1OC)CN(C(=O)Cn1cnc3ccc(C)cc3c1=O)CC2. The van der Waals surface area contributed by atoms with Crippen molar-refractivity contribution >= 4 is 16.8 Å². The van der Waals surface area contributed by atoms with Crippen LogP contribution in [-0.4, -0.2) is 41.1 Å². The molecule has 7 heteroatoms. The molecule has 0 unspecified atom stereocenters. The van der Waals surface area contributed by atoms with Crippen LogP contribution in [0.2, 0.25) is 0 Å². The van der Waals surface area contributed by atoms with E-state index in [0.29, 0.717) is 35.5 Å². The van der Waals surface area contributed by atoms with Crippen molar-refractivity contribution in [2.45, 2.75) is 26.4 Å². The van der Waals surface area contributed by atoms with Crippen LogP contribution in [0.3, 0.4) is 0 Å². The van der Waals surface area contributed by atoms with Gasteiger partial charge in [0.25, 0.3) is 5.56 Å². The lowest BCUT2D eigenvalue weighted by atomic mass is 9.98. The van der Waals surface area contributed by atoms with Crippen LogP contribution in [0.25, 0.3) is 10.9 Å². The summed E-state index contributed by atoms with van der Waals surface area (Å²) in [6.45, 7) is 2.97. The van der Waals surface area contributed by atoms with Gasteiger partial charge in [0.2, 0.25) is 5.91 Å². The van der Waals surface area contributed by atoms with Gasteiger partial charge in [0, 0.05) is 13.1 Å². The molecule has 7 nitrogen and oxygen atoms in total.